The number of rotatable bonds is 6. The molecule has 21 heavy (non-hydrogen) atoms. The smallest absolute Gasteiger partial charge is 0.267 e. The van der Waals surface area contributed by atoms with E-state index < -0.39 is 5.91 Å². The molecule has 0 heterocycles. The molecule has 0 atom stereocenters. The summed E-state index contributed by atoms with van der Waals surface area (Å²) >= 11 is 0. The third-order valence-corrected chi connectivity index (χ3v) is 3.04. The maximum Gasteiger partial charge on any atom is 0.267 e. The fraction of sp³-hybridized carbons (Fsp3) is 0.294. The van der Waals surface area contributed by atoms with Crippen molar-refractivity contribution in [3.8, 4) is 6.07 Å². The Morgan fingerprint density at radius 2 is 2.19 bits per heavy atom. The number of para-hydroxylation sites is 1. The summed E-state index contributed by atoms with van der Waals surface area (Å²) in [5.74, 6) is -0.126. The monoisotopic (exact) mass is 283 g/mol. The molecule has 0 aromatic heterocycles. The number of aryl methyl sites for hydroxylation is 1. The summed E-state index contributed by atoms with van der Waals surface area (Å²) in [6, 6.07) is 7.79. The van der Waals surface area contributed by atoms with E-state index in [1.54, 1.807) is 6.08 Å². The van der Waals surface area contributed by atoms with Gasteiger partial charge in [0.25, 0.3) is 5.91 Å². The Morgan fingerprint density at radius 1 is 1.48 bits per heavy atom. The van der Waals surface area contributed by atoms with Crippen molar-refractivity contribution in [1.29, 1.82) is 5.26 Å². The van der Waals surface area contributed by atoms with Crippen LogP contribution < -0.4 is 10.6 Å². The Morgan fingerprint density at radius 3 is 2.76 bits per heavy atom. The first-order chi connectivity index (χ1) is 10.0. The molecule has 2 N–H and O–H groups in total. The first-order valence-corrected chi connectivity index (χ1v) is 6.86. The van der Waals surface area contributed by atoms with Crippen LogP contribution in [-0.2, 0) is 4.79 Å². The fourth-order valence-electron chi connectivity index (χ4n) is 1.92. The van der Waals surface area contributed by atoms with E-state index in [-0.39, 0.29) is 11.5 Å². The topological polar surface area (TPSA) is 64.9 Å². The highest BCUT2D eigenvalue weighted by Gasteiger charge is 2.14. The van der Waals surface area contributed by atoms with Crippen LogP contribution in [0.1, 0.15) is 30.9 Å². The molecule has 0 aliphatic heterocycles. The van der Waals surface area contributed by atoms with Gasteiger partial charge < -0.3 is 10.6 Å². The van der Waals surface area contributed by atoms with Gasteiger partial charge in [-0.05, 0) is 24.0 Å². The Balaban J connectivity index is 3.00. The quantitative estimate of drug-likeness (QED) is 0.364. The van der Waals surface area contributed by atoms with Crippen molar-refractivity contribution in [3.05, 3.63) is 53.8 Å². The third kappa shape index (κ3) is 4.50. The predicted molar refractivity (Wildman–Crippen MR) is 85.8 cm³/mol. The molecule has 0 fully saturated rings. The van der Waals surface area contributed by atoms with Crippen molar-refractivity contribution in [2.24, 2.45) is 0 Å². The van der Waals surface area contributed by atoms with Gasteiger partial charge in [-0.25, -0.2) is 0 Å². The standard InChI is InChI=1S/C17H21N3O/c1-5-9-19-11-14(10-18)17(21)20-16-13(4)7-6-8-15(16)12(2)3/h5-8,11-12,19H,1,9H2,2-4H3,(H,20,21)/b14-11-. The number of hydrogen-bond acceptors (Lipinski definition) is 3. The second-order valence-corrected chi connectivity index (χ2v) is 5.01. The average molecular weight is 283 g/mol. The normalized spacial score (nSPS) is 10.9. The van der Waals surface area contributed by atoms with Crippen LogP contribution in [0.3, 0.4) is 0 Å². The Bertz CT molecular complexity index is 595. The van der Waals surface area contributed by atoms with E-state index in [2.05, 4.69) is 31.1 Å². The minimum absolute atomic E-state index is 0.0369. The molecule has 4 heteroatoms. The lowest BCUT2D eigenvalue weighted by Gasteiger charge is -2.16. The SMILES string of the molecule is C=CCN/C=C(/C#N)C(=O)Nc1c(C)cccc1C(C)C. The van der Waals surface area contributed by atoms with E-state index in [1.165, 1.54) is 6.20 Å². The minimum atomic E-state index is -0.412. The fourth-order valence-corrected chi connectivity index (χ4v) is 1.92. The van der Waals surface area contributed by atoms with Gasteiger partial charge in [-0.3, -0.25) is 4.79 Å². The number of benzene rings is 1. The van der Waals surface area contributed by atoms with Gasteiger partial charge in [0.15, 0.2) is 0 Å². The molecule has 1 aromatic carbocycles. The summed E-state index contributed by atoms with van der Waals surface area (Å²) in [7, 11) is 0. The van der Waals surface area contributed by atoms with Crippen molar-refractivity contribution < 1.29 is 4.79 Å². The molecule has 1 amide bonds. The van der Waals surface area contributed by atoms with E-state index in [4.69, 9.17) is 5.26 Å². The number of carbonyl (C=O) groups excluding carboxylic acids is 1. The van der Waals surface area contributed by atoms with Crippen molar-refractivity contribution in [2.45, 2.75) is 26.7 Å². The highest BCUT2D eigenvalue weighted by molar-refractivity contribution is 6.07. The molecule has 0 spiro atoms. The zero-order valence-electron chi connectivity index (χ0n) is 12.7. The van der Waals surface area contributed by atoms with Crippen molar-refractivity contribution in [2.75, 3.05) is 11.9 Å². The molecular formula is C17H21N3O. The van der Waals surface area contributed by atoms with Crippen molar-refractivity contribution >= 4 is 11.6 Å². The molecule has 0 unspecified atom stereocenters. The molecule has 110 valence electrons. The summed E-state index contributed by atoms with van der Waals surface area (Å²) in [4.78, 5) is 12.2. The number of nitriles is 1. The Labute approximate surface area is 126 Å². The maximum absolute atomic E-state index is 12.2. The van der Waals surface area contributed by atoms with Gasteiger partial charge in [-0.1, -0.05) is 38.1 Å². The van der Waals surface area contributed by atoms with Crippen molar-refractivity contribution in [1.82, 2.24) is 5.32 Å². The Hall–Kier alpha value is -2.54. The predicted octanol–water partition coefficient (Wildman–Crippen LogP) is 3.24. The van der Waals surface area contributed by atoms with E-state index >= 15 is 0 Å². The molecule has 0 radical (unpaired) electrons. The summed E-state index contributed by atoms with van der Waals surface area (Å²) in [6.07, 6.45) is 3.06. The lowest BCUT2D eigenvalue weighted by Crippen LogP contribution is -2.18. The van der Waals surface area contributed by atoms with Crippen LogP contribution in [0.15, 0.2) is 42.6 Å². The van der Waals surface area contributed by atoms with Gasteiger partial charge in [0.2, 0.25) is 0 Å². The van der Waals surface area contributed by atoms with Gasteiger partial charge in [-0.15, -0.1) is 6.58 Å². The molecule has 0 aliphatic rings. The summed E-state index contributed by atoms with van der Waals surface area (Å²) in [5.41, 5.74) is 2.85. The molecular weight excluding hydrogens is 262 g/mol. The number of carbonyl (C=O) groups is 1. The van der Waals surface area contributed by atoms with Crippen LogP contribution in [0.5, 0.6) is 0 Å². The highest BCUT2D eigenvalue weighted by Crippen LogP contribution is 2.27. The van der Waals surface area contributed by atoms with Gasteiger partial charge in [0.05, 0.1) is 0 Å². The molecule has 1 rings (SSSR count). The zero-order chi connectivity index (χ0) is 15.8. The summed E-state index contributed by atoms with van der Waals surface area (Å²) in [6.45, 7) is 10.1. The van der Waals surface area contributed by atoms with Gasteiger partial charge >= 0.3 is 0 Å². The number of amides is 1. The average Bonchev–Trinajstić information content (AvgIpc) is 2.45. The lowest BCUT2D eigenvalue weighted by atomic mass is 9.98. The number of hydrogen-bond donors (Lipinski definition) is 2. The van der Waals surface area contributed by atoms with E-state index in [0.717, 1.165) is 16.8 Å². The highest BCUT2D eigenvalue weighted by atomic mass is 16.1. The molecule has 0 aliphatic carbocycles. The molecule has 4 nitrogen and oxygen atoms in total. The van der Waals surface area contributed by atoms with Gasteiger partial charge in [0, 0.05) is 18.4 Å². The minimum Gasteiger partial charge on any atom is -0.386 e. The van der Waals surface area contributed by atoms with E-state index in [1.807, 2.05) is 31.2 Å². The van der Waals surface area contributed by atoms with Crippen LogP contribution in [0.25, 0.3) is 0 Å². The zero-order valence-corrected chi connectivity index (χ0v) is 12.7. The molecule has 0 bridgehead atoms. The van der Waals surface area contributed by atoms with Crippen LogP contribution in [0.4, 0.5) is 5.69 Å². The second-order valence-electron chi connectivity index (χ2n) is 5.01. The number of anilines is 1. The lowest BCUT2D eigenvalue weighted by molar-refractivity contribution is -0.112. The largest absolute Gasteiger partial charge is 0.386 e. The first-order valence-electron chi connectivity index (χ1n) is 6.86. The van der Waals surface area contributed by atoms with E-state index in [0.29, 0.717) is 6.54 Å². The molecule has 0 saturated carbocycles. The number of nitrogens with zero attached hydrogens (tertiary/aromatic N) is 1. The Kier molecular flexibility index (Phi) is 6.22. The summed E-state index contributed by atoms with van der Waals surface area (Å²) < 4.78 is 0. The van der Waals surface area contributed by atoms with Crippen molar-refractivity contribution in [3.63, 3.8) is 0 Å². The van der Waals surface area contributed by atoms with Crippen LogP contribution in [-0.4, -0.2) is 12.5 Å². The van der Waals surface area contributed by atoms with Crippen LogP contribution in [0.2, 0.25) is 0 Å². The second kappa shape index (κ2) is 7.91. The molecule has 1 aromatic rings. The van der Waals surface area contributed by atoms with Crippen LogP contribution >= 0.6 is 0 Å². The van der Waals surface area contributed by atoms with Gasteiger partial charge in [-0.2, -0.15) is 5.26 Å². The maximum atomic E-state index is 12.2. The first kappa shape index (κ1) is 16.5. The molecule has 0 saturated heterocycles. The third-order valence-electron chi connectivity index (χ3n) is 3.04. The van der Waals surface area contributed by atoms with Gasteiger partial charge in [0.1, 0.15) is 11.6 Å². The van der Waals surface area contributed by atoms with E-state index in [9.17, 15) is 4.79 Å². The van der Waals surface area contributed by atoms with Crippen LogP contribution in [0, 0.1) is 18.3 Å². The summed E-state index contributed by atoms with van der Waals surface area (Å²) in [5, 5.41) is 14.8. The number of nitrogens with one attached hydrogen (secondary N) is 2.